The van der Waals surface area contributed by atoms with Crippen molar-refractivity contribution in [3.63, 3.8) is 0 Å². The monoisotopic (exact) mass is 740 g/mol. The predicted octanol–water partition coefficient (Wildman–Crippen LogP) is 9.10. The van der Waals surface area contributed by atoms with Gasteiger partial charge in [-0.05, 0) is 67.1 Å². The van der Waals surface area contributed by atoms with Crippen LogP contribution in [-0.2, 0) is 9.59 Å². The molecular formula is C42H36N4O5S2. The summed E-state index contributed by atoms with van der Waals surface area (Å²) < 4.78 is 11.1. The Hall–Kier alpha value is -6.17. The summed E-state index contributed by atoms with van der Waals surface area (Å²) in [6.07, 6.45) is 1.59. The van der Waals surface area contributed by atoms with Crippen molar-refractivity contribution in [1.29, 1.82) is 0 Å². The maximum absolute atomic E-state index is 13.9. The van der Waals surface area contributed by atoms with E-state index in [-0.39, 0.29) is 11.6 Å². The average molecular weight is 741 g/mol. The molecule has 0 fully saturated rings. The van der Waals surface area contributed by atoms with Crippen LogP contribution in [0.1, 0.15) is 33.7 Å². The second-order valence-electron chi connectivity index (χ2n) is 11.5. The number of benzene rings is 5. The van der Waals surface area contributed by atoms with E-state index >= 15 is 0 Å². The van der Waals surface area contributed by atoms with Crippen LogP contribution in [0.5, 0.6) is 11.5 Å². The lowest BCUT2D eigenvalue weighted by Crippen LogP contribution is -2.30. The van der Waals surface area contributed by atoms with Crippen molar-refractivity contribution in [2.24, 2.45) is 0 Å². The number of amides is 3. The topological polar surface area (TPSA) is 119 Å². The summed E-state index contributed by atoms with van der Waals surface area (Å²) in [7, 11) is 1.61. The lowest BCUT2D eigenvalue weighted by molar-refractivity contribution is -0.116. The highest BCUT2D eigenvalue weighted by molar-refractivity contribution is 8.00. The normalized spacial score (nSPS) is 11.6. The van der Waals surface area contributed by atoms with Gasteiger partial charge in [0.1, 0.15) is 22.4 Å². The van der Waals surface area contributed by atoms with E-state index in [2.05, 4.69) is 20.9 Å². The third-order valence-electron chi connectivity index (χ3n) is 7.83. The molecule has 1 atom stereocenters. The van der Waals surface area contributed by atoms with Crippen molar-refractivity contribution in [2.75, 3.05) is 24.4 Å². The largest absolute Gasteiger partial charge is 0.497 e. The number of hydrogen-bond donors (Lipinski definition) is 3. The van der Waals surface area contributed by atoms with Gasteiger partial charge in [0.25, 0.3) is 11.8 Å². The number of carbonyl (C=O) groups is 3. The zero-order chi connectivity index (χ0) is 37.0. The van der Waals surface area contributed by atoms with Crippen LogP contribution in [0.3, 0.4) is 0 Å². The molecule has 0 aliphatic rings. The predicted molar refractivity (Wildman–Crippen MR) is 212 cm³/mol. The van der Waals surface area contributed by atoms with E-state index in [0.29, 0.717) is 34.3 Å². The van der Waals surface area contributed by atoms with Crippen LogP contribution < -0.4 is 25.4 Å². The molecule has 0 aliphatic heterocycles. The summed E-state index contributed by atoms with van der Waals surface area (Å²) >= 11 is 2.68. The molecule has 0 radical (unpaired) electrons. The van der Waals surface area contributed by atoms with Crippen LogP contribution in [0.2, 0.25) is 0 Å². The van der Waals surface area contributed by atoms with Gasteiger partial charge in [-0.2, -0.15) is 0 Å². The molecule has 5 aromatic carbocycles. The van der Waals surface area contributed by atoms with E-state index in [9.17, 15) is 14.4 Å². The van der Waals surface area contributed by atoms with Crippen molar-refractivity contribution in [2.45, 2.75) is 17.1 Å². The van der Waals surface area contributed by atoms with Gasteiger partial charge in [-0.25, -0.2) is 4.98 Å². The number of para-hydroxylation sites is 1. The molecule has 3 N–H and O–H groups in total. The molecule has 0 bridgehead atoms. The molecule has 11 heteroatoms. The van der Waals surface area contributed by atoms with Crippen molar-refractivity contribution in [3.8, 4) is 22.8 Å². The molecule has 0 spiro atoms. The second-order valence-corrected chi connectivity index (χ2v) is 13.5. The Balaban J connectivity index is 1.22. The lowest BCUT2D eigenvalue weighted by atomic mass is 10.1. The third-order valence-corrected chi connectivity index (χ3v) is 9.84. The third kappa shape index (κ3) is 9.79. The Morgan fingerprint density at radius 1 is 0.830 bits per heavy atom. The number of aromatic nitrogens is 1. The Morgan fingerprint density at radius 2 is 1.57 bits per heavy atom. The minimum absolute atomic E-state index is 0.0300. The molecule has 6 rings (SSSR count). The van der Waals surface area contributed by atoms with Crippen LogP contribution in [0.15, 0.2) is 149 Å². The summed E-state index contributed by atoms with van der Waals surface area (Å²) in [5.41, 5.74) is 3.95. The molecule has 1 heterocycles. The fraction of sp³-hybridized carbons (Fsp3) is 0.0952. The van der Waals surface area contributed by atoms with Crippen LogP contribution in [0, 0.1) is 0 Å². The van der Waals surface area contributed by atoms with Gasteiger partial charge in [-0.15, -0.1) is 23.1 Å². The van der Waals surface area contributed by atoms with Crippen LogP contribution in [-0.4, -0.2) is 36.4 Å². The molecule has 1 aromatic heterocycles. The van der Waals surface area contributed by atoms with Gasteiger partial charge in [0.15, 0.2) is 5.13 Å². The van der Waals surface area contributed by atoms with Crippen molar-refractivity contribution >= 4 is 57.7 Å². The van der Waals surface area contributed by atoms with E-state index in [1.807, 2.05) is 97.2 Å². The Labute approximate surface area is 316 Å². The first kappa shape index (κ1) is 36.6. The Morgan fingerprint density at radius 3 is 2.34 bits per heavy atom. The van der Waals surface area contributed by atoms with Crippen molar-refractivity contribution < 1.29 is 23.9 Å². The van der Waals surface area contributed by atoms with E-state index in [0.717, 1.165) is 27.5 Å². The molecule has 1 unspecified atom stereocenters. The minimum atomic E-state index is -0.637. The summed E-state index contributed by atoms with van der Waals surface area (Å²) in [5, 5.41) is 10.4. The number of carbonyl (C=O) groups excluding carboxylic acids is 3. The molecule has 6 aromatic rings. The van der Waals surface area contributed by atoms with Crippen molar-refractivity contribution in [1.82, 2.24) is 10.3 Å². The van der Waals surface area contributed by atoms with Gasteiger partial charge < -0.3 is 25.4 Å². The first-order chi connectivity index (χ1) is 25.9. The van der Waals surface area contributed by atoms with Gasteiger partial charge in [-0.1, -0.05) is 84.9 Å². The molecule has 53 heavy (non-hydrogen) atoms. The minimum Gasteiger partial charge on any atom is -0.497 e. The molecule has 3 amide bonds. The number of methoxy groups -OCH3 is 1. The molecule has 266 valence electrons. The number of hydrogen-bond acceptors (Lipinski definition) is 8. The summed E-state index contributed by atoms with van der Waals surface area (Å²) in [4.78, 5) is 46.3. The van der Waals surface area contributed by atoms with E-state index in [1.165, 1.54) is 23.1 Å². The van der Waals surface area contributed by atoms with E-state index < -0.39 is 17.1 Å². The van der Waals surface area contributed by atoms with Crippen LogP contribution >= 0.6 is 23.1 Å². The van der Waals surface area contributed by atoms with Crippen molar-refractivity contribution in [3.05, 3.63) is 161 Å². The van der Waals surface area contributed by atoms with Crippen LogP contribution in [0.4, 0.5) is 10.8 Å². The highest BCUT2D eigenvalue weighted by Gasteiger charge is 2.24. The SMILES string of the molecule is CCOc1ccccc1/C=C(/NC(=O)c1ccccc1)C(=O)Nc1cccc(SC(C(=O)Nc2nc(-c3cccc(OC)c3)cs2)c2ccccc2)c1. The summed E-state index contributed by atoms with van der Waals surface area (Å²) in [6.45, 7) is 2.31. The first-order valence-electron chi connectivity index (χ1n) is 16.7. The standard InChI is InChI=1S/C42H36N4O5S2/c1-3-51-37-23-11-10-18-31(37)25-35(44-39(47)29-16-8-5-9-17-29)40(48)43-32-20-13-22-34(26-32)53-38(28-14-6-4-7-15-28)41(49)46-42-45-36(27-52-42)30-19-12-21-33(24-30)50-2/h4-27,38H,3H2,1-2H3,(H,43,48)(H,44,47)(H,45,46,49)/b35-25+. The smallest absolute Gasteiger partial charge is 0.272 e. The molecule has 0 saturated carbocycles. The number of nitrogens with one attached hydrogen (secondary N) is 3. The average Bonchev–Trinajstić information content (AvgIpc) is 3.66. The zero-order valence-corrected chi connectivity index (χ0v) is 30.6. The molecular weight excluding hydrogens is 705 g/mol. The zero-order valence-electron chi connectivity index (χ0n) is 28.9. The maximum atomic E-state index is 13.9. The summed E-state index contributed by atoms with van der Waals surface area (Å²) in [6, 6.07) is 40.2. The van der Waals surface area contributed by atoms with E-state index in [1.54, 1.807) is 61.7 Å². The fourth-order valence-corrected chi connectivity index (χ4v) is 7.09. The number of anilines is 2. The van der Waals surface area contributed by atoms with Gasteiger partial charge in [0.05, 0.1) is 19.4 Å². The van der Waals surface area contributed by atoms with Gasteiger partial charge in [-0.3, -0.25) is 14.4 Å². The number of thiazole rings is 1. The van der Waals surface area contributed by atoms with Crippen LogP contribution in [0.25, 0.3) is 17.3 Å². The molecule has 0 aliphatic carbocycles. The van der Waals surface area contributed by atoms with Gasteiger partial charge in [0.2, 0.25) is 5.91 Å². The highest BCUT2D eigenvalue weighted by Crippen LogP contribution is 2.38. The number of ether oxygens (including phenoxy) is 2. The number of nitrogens with zero attached hydrogens (tertiary/aromatic N) is 1. The highest BCUT2D eigenvalue weighted by atomic mass is 32.2. The fourth-order valence-electron chi connectivity index (χ4n) is 5.28. The van der Waals surface area contributed by atoms with Gasteiger partial charge >= 0.3 is 0 Å². The van der Waals surface area contributed by atoms with E-state index in [4.69, 9.17) is 9.47 Å². The van der Waals surface area contributed by atoms with Gasteiger partial charge in [0, 0.05) is 32.7 Å². The number of thioether (sulfide) groups is 1. The lowest BCUT2D eigenvalue weighted by Gasteiger charge is -2.17. The summed E-state index contributed by atoms with van der Waals surface area (Å²) in [5.74, 6) is 0.0840. The quantitative estimate of drug-likeness (QED) is 0.0753. The molecule has 9 nitrogen and oxygen atoms in total. The molecule has 0 saturated heterocycles. The Bertz CT molecular complexity index is 2220. The Kier molecular flexibility index (Phi) is 12.3. The number of rotatable bonds is 14. The maximum Gasteiger partial charge on any atom is 0.272 e. The second kappa shape index (κ2) is 17.9. The first-order valence-corrected chi connectivity index (χ1v) is 18.5.